The summed E-state index contributed by atoms with van der Waals surface area (Å²) in [4.78, 5) is 8.74. The van der Waals surface area contributed by atoms with E-state index < -0.39 is 0 Å². The topological polar surface area (TPSA) is 63.3 Å². The van der Waals surface area contributed by atoms with E-state index in [9.17, 15) is 0 Å². The van der Waals surface area contributed by atoms with Gasteiger partial charge in [-0.05, 0) is 48.9 Å². The monoisotopic (exact) mass is 310 g/mol. The van der Waals surface area contributed by atoms with E-state index >= 15 is 0 Å². The second-order valence-corrected chi connectivity index (χ2v) is 5.61. The lowest BCUT2D eigenvalue weighted by molar-refractivity contribution is 0.950. The van der Waals surface area contributed by atoms with E-state index in [1.807, 2.05) is 19.2 Å². The summed E-state index contributed by atoms with van der Waals surface area (Å²) in [5.74, 6) is 0.473. The van der Waals surface area contributed by atoms with Crippen LogP contribution in [0.2, 0.25) is 0 Å². The maximum atomic E-state index is 6.06. The van der Waals surface area contributed by atoms with Gasteiger partial charge in [-0.3, -0.25) is 9.98 Å². The minimum absolute atomic E-state index is 0.473. The summed E-state index contributed by atoms with van der Waals surface area (Å²) in [7, 11) is 0. The number of para-hydroxylation sites is 1. The Morgan fingerprint density at radius 1 is 1.13 bits per heavy atom. The normalized spacial score (nSPS) is 11.5. The lowest BCUT2D eigenvalue weighted by atomic mass is 10.0. The summed E-state index contributed by atoms with van der Waals surface area (Å²) in [6.45, 7) is 6.94. The van der Waals surface area contributed by atoms with Gasteiger partial charge < -0.3 is 11.1 Å². The van der Waals surface area contributed by atoms with E-state index in [0.29, 0.717) is 12.5 Å². The molecule has 0 aliphatic rings. The van der Waals surface area contributed by atoms with Crippen LogP contribution in [0.25, 0.3) is 0 Å². The highest BCUT2D eigenvalue weighted by molar-refractivity contribution is 5.93. The summed E-state index contributed by atoms with van der Waals surface area (Å²) in [6, 6.07) is 10.5. The van der Waals surface area contributed by atoms with Crippen molar-refractivity contribution in [3.63, 3.8) is 0 Å². The third-order valence-electron chi connectivity index (χ3n) is 3.91. The second-order valence-electron chi connectivity index (χ2n) is 5.61. The van der Waals surface area contributed by atoms with Crippen molar-refractivity contribution >= 4 is 11.6 Å². The Labute approximate surface area is 138 Å². The van der Waals surface area contributed by atoms with Crippen LogP contribution in [0.5, 0.6) is 0 Å². The van der Waals surface area contributed by atoms with Gasteiger partial charge in [0.25, 0.3) is 0 Å². The van der Waals surface area contributed by atoms with Gasteiger partial charge in [-0.1, -0.05) is 38.1 Å². The molecule has 2 rings (SSSR count). The van der Waals surface area contributed by atoms with Gasteiger partial charge in [-0.25, -0.2) is 0 Å². The van der Waals surface area contributed by atoms with E-state index in [2.05, 4.69) is 53.4 Å². The SMILES string of the molecule is CCc1cccc(CC)c1NC(N)=NCCc1ccc(C)nc1. The minimum atomic E-state index is 0.473. The van der Waals surface area contributed by atoms with Crippen LogP contribution < -0.4 is 11.1 Å². The Hall–Kier alpha value is -2.36. The molecule has 0 saturated heterocycles. The fourth-order valence-electron chi connectivity index (χ4n) is 2.52. The molecule has 4 nitrogen and oxygen atoms in total. The van der Waals surface area contributed by atoms with Gasteiger partial charge in [0.15, 0.2) is 5.96 Å². The van der Waals surface area contributed by atoms with E-state index in [1.54, 1.807) is 0 Å². The van der Waals surface area contributed by atoms with Crippen LogP contribution in [-0.2, 0) is 19.3 Å². The highest BCUT2D eigenvalue weighted by Gasteiger charge is 2.06. The Kier molecular flexibility index (Phi) is 6.15. The number of benzene rings is 1. The van der Waals surface area contributed by atoms with Crippen molar-refractivity contribution in [2.24, 2.45) is 10.7 Å². The van der Waals surface area contributed by atoms with Crippen LogP contribution in [-0.4, -0.2) is 17.5 Å². The fraction of sp³-hybridized carbons (Fsp3) is 0.368. The van der Waals surface area contributed by atoms with Gasteiger partial charge in [-0.15, -0.1) is 0 Å². The first-order chi connectivity index (χ1) is 11.1. The molecular formula is C19H26N4. The molecule has 0 amide bonds. The summed E-state index contributed by atoms with van der Waals surface area (Å²) >= 11 is 0. The number of guanidine groups is 1. The van der Waals surface area contributed by atoms with Crippen molar-refractivity contribution < 1.29 is 0 Å². The van der Waals surface area contributed by atoms with Gasteiger partial charge >= 0.3 is 0 Å². The third kappa shape index (κ3) is 4.81. The Balaban J connectivity index is 2.01. The molecular weight excluding hydrogens is 284 g/mol. The van der Waals surface area contributed by atoms with Crippen molar-refractivity contribution in [3.05, 3.63) is 58.9 Å². The molecule has 0 aliphatic carbocycles. The van der Waals surface area contributed by atoms with Gasteiger partial charge in [-0.2, -0.15) is 0 Å². The molecule has 1 aromatic carbocycles. The average Bonchev–Trinajstić information content (AvgIpc) is 2.57. The molecule has 0 saturated carbocycles. The smallest absolute Gasteiger partial charge is 0.193 e. The van der Waals surface area contributed by atoms with Gasteiger partial charge in [0.2, 0.25) is 0 Å². The fourth-order valence-corrected chi connectivity index (χ4v) is 2.52. The predicted molar refractivity (Wildman–Crippen MR) is 98.0 cm³/mol. The standard InChI is InChI=1S/C19H26N4/c1-4-16-7-6-8-17(5-2)18(16)23-19(20)21-12-11-15-10-9-14(3)22-13-15/h6-10,13H,4-5,11-12H2,1-3H3,(H3,20,21,23). The van der Waals surface area contributed by atoms with E-state index in [4.69, 9.17) is 5.73 Å². The highest BCUT2D eigenvalue weighted by Crippen LogP contribution is 2.22. The molecule has 122 valence electrons. The molecule has 0 radical (unpaired) electrons. The molecule has 0 spiro atoms. The Bertz CT molecular complexity index is 637. The first-order valence-corrected chi connectivity index (χ1v) is 8.23. The summed E-state index contributed by atoms with van der Waals surface area (Å²) < 4.78 is 0. The zero-order valence-corrected chi connectivity index (χ0v) is 14.3. The number of aromatic nitrogens is 1. The number of rotatable bonds is 6. The molecule has 0 aliphatic heterocycles. The first-order valence-electron chi connectivity index (χ1n) is 8.23. The summed E-state index contributed by atoms with van der Waals surface area (Å²) in [5, 5.41) is 3.29. The average molecular weight is 310 g/mol. The van der Waals surface area contributed by atoms with Crippen molar-refractivity contribution in [1.82, 2.24) is 4.98 Å². The molecule has 1 heterocycles. The molecule has 0 unspecified atom stereocenters. The van der Waals surface area contributed by atoms with Crippen molar-refractivity contribution in [1.29, 1.82) is 0 Å². The van der Waals surface area contributed by atoms with E-state index in [1.165, 1.54) is 16.7 Å². The largest absolute Gasteiger partial charge is 0.370 e. The number of hydrogen-bond acceptors (Lipinski definition) is 2. The molecule has 4 heteroatoms. The van der Waals surface area contributed by atoms with E-state index in [0.717, 1.165) is 30.6 Å². The van der Waals surface area contributed by atoms with E-state index in [-0.39, 0.29) is 0 Å². The van der Waals surface area contributed by atoms with Crippen LogP contribution in [0, 0.1) is 6.92 Å². The van der Waals surface area contributed by atoms with Gasteiger partial charge in [0, 0.05) is 24.1 Å². The number of hydrogen-bond donors (Lipinski definition) is 2. The third-order valence-corrected chi connectivity index (χ3v) is 3.91. The summed E-state index contributed by atoms with van der Waals surface area (Å²) in [5.41, 5.74) is 11.9. The van der Waals surface area contributed by atoms with Gasteiger partial charge in [0.1, 0.15) is 0 Å². The number of anilines is 1. The highest BCUT2D eigenvalue weighted by atomic mass is 15.1. The number of nitrogens with two attached hydrogens (primary N) is 1. The predicted octanol–water partition coefficient (Wildman–Crippen LogP) is 3.48. The number of nitrogens with zero attached hydrogens (tertiary/aromatic N) is 2. The van der Waals surface area contributed by atoms with Gasteiger partial charge in [0.05, 0.1) is 0 Å². The lowest BCUT2D eigenvalue weighted by Gasteiger charge is -2.14. The van der Waals surface area contributed by atoms with Crippen LogP contribution in [0.4, 0.5) is 5.69 Å². The molecule has 3 N–H and O–H groups in total. The first kappa shape index (κ1) is 17.0. The molecule has 0 fully saturated rings. The lowest BCUT2D eigenvalue weighted by Crippen LogP contribution is -2.24. The number of aryl methyl sites for hydroxylation is 3. The van der Waals surface area contributed by atoms with Crippen LogP contribution in [0.1, 0.15) is 36.2 Å². The number of nitrogens with one attached hydrogen (secondary N) is 1. The molecule has 0 bridgehead atoms. The zero-order chi connectivity index (χ0) is 16.7. The molecule has 0 atom stereocenters. The van der Waals surface area contributed by atoms with Crippen LogP contribution in [0.15, 0.2) is 41.5 Å². The van der Waals surface area contributed by atoms with Crippen molar-refractivity contribution in [3.8, 4) is 0 Å². The summed E-state index contributed by atoms with van der Waals surface area (Å²) in [6.07, 6.45) is 4.68. The van der Waals surface area contributed by atoms with Crippen LogP contribution >= 0.6 is 0 Å². The van der Waals surface area contributed by atoms with Crippen molar-refractivity contribution in [2.75, 3.05) is 11.9 Å². The zero-order valence-electron chi connectivity index (χ0n) is 14.3. The Morgan fingerprint density at radius 2 is 1.83 bits per heavy atom. The molecule has 1 aromatic heterocycles. The Morgan fingerprint density at radius 3 is 2.39 bits per heavy atom. The number of pyridine rings is 1. The molecule has 23 heavy (non-hydrogen) atoms. The maximum absolute atomic E-state index is 6.06. The number of aliphatic imine (C=N–C) groups is 1. The second kappa shape index (κ2) is 8.32. The minimum Gasteiger partial charge on any atom is -0.370 e. The van der Waals surface area contributed by atoms with Crippen molar-refractivity contribution in [2.45, 2.75) is 40.0 Å². The quantitative estimate of drug-likeness (QED) is 0.634. The maximum Gasteiger partial charge on any atom is 0.193 e. The van der Waals surface area contributed by atoms with Crippen LogP contribution in [0.3, 0.4) is 0 Å². The molecule has 2 aromatic rings.